The topological polar surface area (TPSA) is 9.23 Å². The molecule has 1 unspecified atom stereocenters. The minimum absolute atomic E-state index is 0.341. The molecule has 0 amide bonds. The summed E-state index contributed by atoms with van der Waals surface area (Å²) >= 11 is 0. The number of hydrogen-bond acceptors (Lipinski definition) is 1. The standard InChI is InChI=1S/C15H28O/c1-6-7-12(2)16-14-10-8-13(9-11-14)15(3,4)5/h6,12-14H,1,7-11H2,2-5H3. The Morgan fingerprint density at radius 2 is 1.81 bits per heavy atom. The van der Waals surface area contributed by atoms with E-state index in [0.29, 0.717) is 17.6 Å². The third kappa shape index (κ3) is 4.29. The van der Waals surface area contributed by atoms with Crippen LogP contribution in [-0.2, 0) is 4.74 Å². The molecule has 1 heteroatoms. The molecule has 0 bridgehead atoms. The van der Waals surface area contributed by atoms with E-state index in [4.69, 9.17) is 4.74 Å². The van der Waals surface area contributed by atoms with E-state index in [2.05, 4.69) is 34.3 Å². The van der Waals surface area contributed by atoms with Gasteiger partial charge >= 0.3 is 0 Å². The average Bonchev–Trinajstić information content (AvgIpc) is 2.17. The van der Waals surface area contributed by atoms with Gasteiger partial charge in [0.1, 0.15) is 0 Å². The van der Waals surface area contributed by atoms with Crippen molar-refractivity contribution in [2.75, 3.05) is 0 Å². The minimum atomic E-state index is 0.341. The van der Waals surface area contributed by atoms with Gasteiger partial charge in [-0.25, -0.2) is 0 Å². The first-order valence-corrected chi connectivity index (χ1v) is 6.70. The molecule has 0 aromatic carbocycles. The van der Waals surface area contributed by atoms with Crippen LogP contribution in [0.5, 0.6) is 0 Å². The van der Waals surface area contributed by atoms with Crippen LogP contribution >= 0.6 is 0 Å². The maximum atomic E-state index is 6.02. The molecule has 1 aliphatic rings. The van der Waals surface area contributed by atoms with Crippen molar-refractivity contribution in [3.8, 4) is 0 Å². The zero-order valence-electron chi connectivity index (χ0n) is 11.5. The Kier molecular flexibility index (Phi) is 5.04. The molecule has 1 rings (SSSR count). The third-order valence-corrected chi connectivity index (χ3v) is 3.82. The molecular formula is C15H28O. The molecule has 0 heterocycles. The molecule has 1 atom stereocenters. The van der Waals surface area contributed by atoms with Gasteiger partial charge in [0.05, 0.1) is 12.2 Å². The molecule has 94 valence electrons. The Balaban J connectivity index is 2.29. The van der Waals surface area contributed by atoms with Crippen molar-refractivity contribution in [3.63, 3.8) is 0 Å². The van der Waals surface area contributed by atoms with Crippen LogP contribution < -0.4 is 0 Å². The van der Waals surface area contributed by atoms with Gasteiger partial charge in [-0.3, -0.25) is 0 Å². The summed E-state index contributed by atoms with van der Waals surface area (Å²) < 4.78 is 6.02. The van der Waals surface area contributed by atoms with Gasteiger partial charge in [0.15, 0.2) is 0 Å². The van der Waals surface area contributed by atoms with Crippen LogP contribution in [-0.4, -0.2) is 12.2 Å². The summed E-state index contributed by atoms with van der Waals surface area (Å²) in [6, 6.07) is 0. The van der Waals surface area contributed by atoms with E-state index in [-0.39, 0.29) is 0 Å². The molecule has 0 radical (unpaired) electrons. The molecule has 1 fully saturated rings. The monoisotopic (exact) mass is 224 g/mol. The Hall–Kier alpha value is -0.300. The van der Waals surface area contributed by atoms with Crippen molar-refractivity contribution in [1.82, 2.24) is 0 Å². The predicted molar refractivity (Wildman–Crippen MR) is 70.6 cm³/mol. The first-order valence-electron chi connectivity index (χ1n) is 6.70. The summed E-state index contributed by atoms with van der Waals surface area (Å²) in [7, 11) is 0. The molecule has 0 aliphatic heterocycles. The van der Waals surface area contributed by atoms with Crippen LogP contribution in [0.1, 0.15) is 59.8 Å². The van der Waals surface area contributed by atoms with Gasteiger partial charge in [-0.05, 0) is 50.4 Å². The molecule has 0 spiro atoms. The summed E-state index contributed by atoms with van der Waals surface area (Å²) in [5, 5.41) is 0. The number of hydrogen-bond donors (Lipinski definition) is 0. The Morgan fingerprint density at radius 1 is 1.25 bits per heavy atom. The summed E-state index contributed by atoms with van der Waals surface area (Å²) in [5.41, 5.74) is 0.470. The zero-order valence-corrected chi connectivity index (χ0v) is 11.5. The summed E-state index contributed by atoms with van der Waals surface area (Å²) in [6.07, 6.45) is 8.89. The second-order valence-electron chi connectivity index (χ2n) is 6.31. The van der Waals surface area contributed by atoms with Crippen molar-refractivity contribution >= 4 is 0 Å². The highest BCUT2D eigenvalue weighted by Crippen LogP contribution is 2.38. The molecule has 0 N–H and O–H groups in total. The summed E-state index contributed by atoms with van der Waals surface area (Å²) in [4.78, 5) is 0. The van der Waals surface area contributed by atoms with E-state index in [0.717, 1.165) is 12.3 Å². The fourth-order valence-electron chi connectivity index (χ4n) is 2.68. The quantitative estimate of drug-likeness (QED) is 0.635. The molecule has 1 nitrogen and oxygen atoms in total. The van der Waals surface area contributed by atoms with Gasteiger partial charge in [-0.2, -0.15) is 0 Å². The fourth-order valence-corrected chi connectivity index (χ4v) is 2.68. The lowest BCUT2D eigenvalue weighted by molar-refractivity contribution is -0.0353. The van der Waals surface area contributed by atoms with Crippen molar-refractivity contribution in [1.29, 1.82) is 0 Å². The van der Waals surface area contributed by atoms with Crippen LogP contribution in [0, 0.1) is 11.3 Å². The lowest BCUT2D eigenvalue weighted by Crippen LogP contribution is -2.30. The highest BCUT2D eigenvalue weighted by Gasteiger charge is 2.30. The normalized spacial score (nSPS) is 28.8. The van der Waals surface area contributed by atoms with Crippen molar-refractivity contribution in [2.45, 2.75) is 72.0 Å². The van der Waals surface area contributed by atoms with Gasteiger partial charge in [0, 0.05) is 0 Å². The lowest BCUT2D eigenvalue weighted by atomic mass is 9.72. The van der Waals surface area contributed by atoms with Gasteiger partial charge in [0.2, 0.25) is 0 Å². The molecule has 16 heavy (non-hydrogen) atoms. The second kappa shape index (κ2) is 5.86. The van der Waals surface area contributed by atoms with Crippen LogP contribution in [0.4, 0.5) is 0 Å². The SMILES string of the molecule is C=CCC(C)OC1CCC(C(C)(C)C)CC1. The van der Waals surface area contributed by atoms with Crippen LogP contribution in [0.25, 0.3) is 0 Å². The first kappa shape index (κ1) is 13.8. The van der Waals surface area contributed by atoms with Crippen LogP contribution in [0.2, 0.25) is 0 Å². The maximum Gasteiger partial charge on any atom is 0.0585 e. The molecule has 0 aromatic rings. The minimum Gasteiger partial charge on any atom is -0.375 e. The highest BCUT2D eigenvalue weighted by atomic mass is 16.5. The van der Waals surface area contributed by atoms with Gasteiger partial charge in [-0.1, -0.05) is 26.8 Å². The number of ether oxygens (including phenoxy) is 1. The molecule has 1 saturated carbocycles. The van der Waals surface area contributed by atoms with Crippen molar-refractivity contribution in [2.24, 2.45) is 11.3 Å². The van der Waals surface area contributed by atoms with E-state index in [1.165, 1.54) is 25.7 Å². The molecular weight excluding hydrogens is 196 g/mol. The van der Waals surface area contributed by atoms with E-state index in [1.54, 1.807) is 0 Å². The largest absolute Gasteiger partial charge is 0.375 e. The first-order chi connectivity index (χ1) is 7.43. The predicted octanol–water partition coefficient (Wildman–Crippen LogP) is 4.57. The van der Waals surface area contributed by atoms with Gasteiger partial charge in [0.25, 0.3) is 0 Å². The molecule has 1 aliphatic carbocycles. The Labute approximate surface area is 101 Å². The smallest absolute Gasteiger partial charge is 0.0585 e. The maximum absolute atomic E-state index is 6.02. The Morgan fingerprint density at radius 3 is 2.25 bits per heavy atom. The van der Waals surface area contributed by atoms with E-state index in [1.807, 2.05) is 6.08 Å². The lowest BCUT2D eigenvalue weighted by Gasteiger charge is -2.37. The van der Waals surface area contributed by atoms with E-state index < -0.39 is 0 Å². The Bertz CT molecular complexity index is 206. The van der Waals surface area contributed by atoms with Crippen LogP contribution in [0.3, 0.4) is 0 Å². The van der Waals surface area contributed by atoms with Crippen LogP contribution in [0.15, 0.2) is 12.7 Å². The van der Waals surface area contributed by atoms with Crippen molar-refractivity contribution in [3.05, 3.63) is 12.7 Å². The number of rotatable bonds is 4. The second-order valence-corrected chi connectivity index (χ2v) is 6.31. The van der Waals surface area contributed by atoms with E-state index in [9.17, 15) is 0 Å². The van der Waals surface area contributed by atoms with Gasteiger partial charge in [-0.15, -0.1) is 6.58 Å². The molecule has 0 saturated heterocycles. The summed E-state index contributed by atoms with van der Waals surface area (Å²) in [5.74, 6) is 0.877. The van der Waals surface area contributed by atoms with Crippen molar-refractivity contribution < 1.29 is 4.74 Å². The fraction of sp³-hybridized carbons (Fsp3) is 0.867. The summed E-state index contributed by atoms with van der Waals surface area (Å²) in [6.45, 7) is 13.0. The average molecular weight is 224 g/mol. The van der Waals surface area contributed by atoms with Gasteiger partial charge < -0.3 is 4.74 Å². The highest BCUT2D eigenvalue weighted by molar-refractivity contribution is 4.81. The molecule has 0 aromatic heterocycles. The van der Waals surface area contributed by atoms with E-state index >= 15 is 0 Å². The third-order valence-electron chi connectivity index (χ3n) is 3.82. The zero-order chi connectivity index (χ0) is 12.2.